The van der Waals surface area contributed by atoms with Crippen molar-refractivity contribution in [2.24, 2.45) is 0 Å². The Kier molecular flexibility index (Phi) is 5.89. The van der Waals surface area contributed by atoms with Crippen LogP contribution < -0.4 is 26.2 Å². The maximum Gasteiger partial charge on any atom is 0.253 e. The second-order valence-corrected chi connectivity index (χ2v) is 9.02. The highest BCUT2D eigenvalue weighted by molar-refractivity contribution is 7.89. The number of halogens is 1. The van der Waals surface area contributed by atoms with Crippen LogP contribution in [0.25, 0.3) is 0 Å². The molecule has 4 N–H and O–H groups in total. The normalized spacial score (nSPS) is 12.7. The number of aromatic hydroxyl groups is 1. The van der Waals surface area contributed by atoms with E-state index in [1.807, 2.05) is 38.1 Å². The number of anilines is 3. The zero-order valence-corrected chi connectivity index (χ0v) is 18.0. The van der Waals surface area contributed by atoms with Crippen molar-refractivity contribution in [3.8, 4) is 5.75 Å². The fraction of sp³-hybridized carbons (Fsp3) is 0.200. The van der Waals surface area contributed by atoms with Gasteiger partial charge in [-0.25, -0.2) is 13.1 Å². The van der Waals surface area contributed by atoms with E-state index in [0.717, 1.165) is 11.1 Å². The van der Waals surface area contributed by atoms with E-state index in [9.17, 15) is 23.1 Å². The van der Waals surface area contributed by atoms with E-state index in [1.165, 1.54) is 19.2 Å². The summed E-state index contributed by atoms with van der Waals surface area (Å²) in [6.07, 6.45) is 0. The van der Waals surface area contributed by atoms with Crippen molar-refractivity contribution in [3.63, 3.8) is 0 Å². The smallest absolute Gasteiger partial charge is 0.253 e. The second kappa shape index (κ2) is 8.10. The van der Waals surface area contributed by atoms with Crippen LogP contribution in [0, 0.1) is 6.92 Å². The van der Waals surface area contributed by atoms with E-state index in [1.54, 1.807) is 0 Å². The summed E-state index contributed by atoms with van der Waals surface area (Å²) in [5, 5.41) is 15.9. The lowest BCUT2D eigenvalue weighted by Gasteiger charge is -2.21. The molecule has 0 aromatic heterocycles. The van der Waals surface area contributed by atoms with Crippen LogP contribution in [0.1, 0.15) is 24.1 Å². The van der Waals surface area contributed by atoms with Crippen molar-refractivity contribution in [2.45, 2.75) is 24.8 Å². The Labute approximate surface area is 178 Å². The predicted octanol–water partition coefficient (Wildman–Crippen LogP) is 2.77. The molecule has 0 saturated carbocycles. The highest BCUT2D eigenvalue weighted by atomic mass is 35.5. The molecule has 0 heterocycles. The van der Waals surface area contributed by atoms with Crippen LogP contribution in [0.4, 0.5) is 17.1 Å². The lowest BCUT2D eigenvalue weighted by molar-refractivity contribution is 0.461. The topological polar surface area (TPSA) is 125 Å². The van der Waals surface area contributed by atoms with Gasteiger partial charge in [-0.15, -0.1) is 0 Å². The molecule has 0 radical (unpaired) electrons. The molecule has 0 aliphatic heterocycles. The Balaban J connectivity index is 1.94. The van der Waals surface area contributed by atoms with Gasteiger partial charge in [0.1, 0.15) is 16.3 Å². The van der Waals surface area contributed by atoms with Gasteiger partial charge in [-0.3, -0.25) is 9.59 Å². The van der Waals surface area contributed by atoms with Crippen LogP contribution in [0.3, 0.4) is 0 Å². The Morgan fingerprint density at radius 1 is 1.00 bits per heavy atom. The SMILES string of the molecule is CNS(=O)(=O)c1c(Cl)ccc(Nc2c(N[C@@H](C)c3ccc(C)cc3)c(=O)c2=O)c1O. The molecule has 10 heteroatoms. The molecule has 30 heavy (non-hydrogen) atoms. The van der Waals surface area contributed by atoms with E-state index < -0.39 is 31.5 Å². The summed E-state index contributed by atoms with van der Waals surface area (Å²) in [6.45, 7) is 3.80. The molecule has 3 aromatic carbocycles. The van der Waals surface area contributed by atoms with E-state index >= 15 is 0 Å². The molecule has 0 aliphatic carbocycles. The van der Waals surface area contributed by atoms with Gasteiger partial charge < -0.3 is 15.7 Å². The second-order valence-electron chi connectivity index (χ2n) is 6.79. The van der Waals surface area contributed by atoms with Gasteiger partial charge in [-0.1, -0.05) is 41.4 Å². The molecule has 8 nitrogen and oxygen atoms in total. The Bertz CT molecular complexity index is 1280. The minimum Gasteiger partial charge on any atom is -0.504 e. The van der Waals surface area contributed by atoms with E-state index in [0.29, 0.717) is 0 Å². The maximum atomic E-state index is 12.1. The van der Waals surface area contributed by atoms with Gasteiger partial charge in [0.25, 0.3) is 10.9 Å². The fourth-order valence-electron chi connectivity index (χ4n) is 2.94. The van der Waals surface area contributed by atoms with Crippen molar-refractivity contribution in [3.05, 3.63) is 73.0 Å². The first-order chi connectivity index (χ1) is 14.1. The quantitative estimate of drug-likeness (QED) is 0.323. The van der Waals surface area contributed by atoms with Crippen LogP contribution in [-0.2, 0) is 10.0 Å². The highest BCUT2D eigenvalue weighted by Crippen LogP contribution is 2.38. The Morgan fingerprint density at radius 3 is 2.20 bits per heavy atom. The summed E-state index contributed by atoms with van der Waals surface area (Å²) >= 11 is 5.93. The minimum absolute atomic E-state index is 0.0560. The summed E-state index contributed by atoms with van der Waals surface area (Å²) in [5.74, 6) is -0.664. The molecular weight excluding hydrogens is 430 g/mol. The van der Waals surface area contributed by atoms with Crippen LogP contribution in [0.2, 0.25) is 5.02 Å². The van der Waals surface area contributed by atoms with Gasteiger partial charge in [0.2, 0.25) is 10.0 Å². The van der Waals surface area contributed by atoms with Gasteiger partial charge in [-0.05, 0) is 38.6 Å². The number of phenols is 1. The van der Waals surface area contributed by atoms with Gasteiger partial charge in [-0.2, -0.15) is 0 Å². The summed E-state index contributed by atoms with van der Waals surface area (Å²) in [5.41, 5.74) is 0.439. The zero-order valence-electron chi connectivity index (χ0n) is 16.4. The van der Waals surface area contributed by atoms with Gasteiger partial charge in [0.05, 0.1) is 10.7 Å². The summed E-state index contributed by atoms with van der Waals surface area (Å²) in [4.78, 5) is 23.7. The van der Waals surface area contributed by atoms with Gasteiger partial charge in [0.15, 0.2) is 5.75 Å². The molecule has 0 fully saturated rings. The van der Waals surface area contributed by atoms with Crippen LogP contribution in [0.5, 0.6) is 5.75 Å². The molecule has 0 bridgehead atoms. The first kappa shape index (κ1) is 21.8. The minimum atomic E-state index is -4.06. The molecule has 3 aromatic rings. The molecule has 1 atom stereocenters. The Hall–Kier alpha value is -2.88. The fourth-order valence-corrected chi connectivity index (χ4v) is 4.29. The molecular formula is C20H20ClN3O5S. The van der Waals surface area contributed by atoms with Crippen molar-refractivity contribution in [2.75, 3.05) is 17.7 Å². The molecule has 0 saturated heterocycles. The average Bonchev–Trinajstić information content (AvgIpc) is 2.71. The highest BCUT2D eigenvalue weighted by Gasteiger charge is 2.27. The molecule has 0 aliphatic rings. The third-order valence-corrected chi connectivity index (χ3v) is 6.64. The third-order valence-electron chi connectivity index (χ3n) is 4.73. The monoisotopic (exact) mass is 449 g/mol. The first-order valence-electron chi connectivity index (χ1n) is 8.95. The van der Waals surface area contributed by atoms with E-state index in [2.05, 4.69) is 15.4 Å². The average molecular weight is 450 g/mol. The maximum absolute atomic E-state index is 12.1. The number of hydrogen-bond acceptors (Lipinski definition) is 7. The van der Waals surface area contributed by atoms with Gasteiger partial charge >= 0.3 is 0 Å². The largest absolute Gasteiger partial charge is 0.504 e. The summed E-state index contributed by atoms with van der Waals surface area (Å²) in [6, 6.07) is 10.00. The van der Waals surface area contributed by atoms with Crippen molar-refractivity contribution < 1.29 is 13.5 Å². The number of nitrogens with one attached hydrogen (secondary N) is 3. The summed E-state index contributed by atoms with van der Waals surface area (Å²) in [7, 11) is -2.88. The van der Waals surface area contributed by atoms with E-state index in [-0.39, 0.29) is 28.1 Å². The van der Waals surface area contributed by atoms with Crippen LogP contribution >= 0.6 is 11.6 Å². The number of sulfonamides is 1. The molecule has 158 valence electrons. The van der Waals surface area contributed by atoms with Crippen molar-refractivity contribution in [1.29, 1.82) is 0 Å². The van der Waals surface area contributed by atoms with Gasteiger partial charge in [0, 0.05) is 6.04 Å². The van der Waals surface area contributed by atoms with E-state index in [4.69, 9.17) is 11.6 Å². The zero-order chi connectivity index (χ0) is 22.2. The third kappa shape index (κ3) is 3.91. The molecule has 3 rings (SSSR count). The van der Waals surface area contributed by atoms with Crippen molar-refractivity contribution in [1.82, 2.24) is 4.72 Å². The predicted molar refractivity (Wildman–Crippen MR) is 117 cm³/mol. The number of benzene rings is 2. The molecule has 0 spiro atoms. The number of phenolic OH excluding ortho intramolecular Hbond substituents is 1. The van der Waals surface area contributed by atoms with Crippen molar-refractivity contribution >= 4 is 38.7 Å². The number of aryl methyl sites for hydroxylation is 1. The Morgan fingerprint density at radius 2 is 1.60 bits per heavy atom. The lowest BCUT2D eigenvalue weighted by Crippen LogP contribution is -2.37. The lowest BCUT2D eigenvalue weighted by atomic mass is 10.0. The van der Waals surface area contributed by atoms with Crippen LogP contribution in [0.15, 0.2) is 50.9 Å². The standard InChI is InChI=1S/C20H20ClN3O5S/c1-10-4-6-12(7-5-10)11(2)23-15-16(19(27)18(15)26)24-14-9-8-13(21)20(17(14)25)30(28,29)22-3/h4-9,11,22-25H,1-3H3/t11-/m0/s1. The first-order valence-corrected chi connectivity index (χ1v) is 10.8. The number of rotatable bonds is 7. The van der Waals surface area contributed by atoms with Crippen LogP contribution in [-0.4, -0.2) is 20.6 Å². The molecule has 0 amide bonds. The number of hydrogen-bond donors (Lipinski definition) is 4. The molecule has 0 unspecified atom stereocenters. The summed E-state index contributed by atoms with van der Waals surface area (Å²) < 4.78 is 26.4.